The van der Waals surface area contributed by atoms with Crippen molar-refractivity contribution in [2.45, 2.75) is 31.8 Å². The van der Waals surface area contributed by atoms with Crippen LogP contribution in [0.25, 0.3) is 5.57 Å². The van der Waals surface area contributed by atoms with Crippen molar-refractivity contribution in [2.24, 2.45) is 0 Å². The normalized spacial score (nSPS) is 20.0. The first-order valence-electron chi connectivity index (χ1n) is 7.64. The maximum Gasteiger partial charge on any atom is 0.122 e. The number of aliphatic hydroxyl groups is 1. The molecule has 1 heterocycles. The lowest BCUT2D eigenvalue weighted by molar-refractivity contribution is 0.0889. The molecule has 0 bridgehead atoms. The average Bonchev–Trinajstić information content (AvgIpc) is 2.50. The highest BCUT2D eigenvalue weighted by Gasteiger charge is 2.23. The Kier molecular flexibility index (Phi) is 4.53. The van der Waals surface area contributed by atoms with Crippen LogP contribution >= 0.6 is 11.6 Å². The Morgan fingerprint density at radius 1 is 1.33 bits per heavy atom. The van der Waals surface area contributed by atoms with E-state index < -0.39 is 0 Å². The van der Waals surface area contributed by atoms with E-state index in [1.54, 1.807) is 7.11 Å². The van der Waals surface area contributed by atoms with Gasteiger partial charge < -0.3 is 9.84 Å². The number of nitrogens with zero attached hydrogens (tertiary/aromatic N) is 1. The van der Waals surface area contributed by atoms with E-state index in [1.807, 2.05) is 12.1 Å². The molecule has 1 fully saturated rings. The smallest absolute Gasteiger partial charge is 0.122 e. The highest BCUT2D eigenvalue weighted by molar-refractivity contribution is 6.32. The number of halogens is 1. The molecule has 1 saturated heterocycles. The molecule has 0 radical (unpaired) electrons. The van der Waals surface area contributed by atoms with E-state index in [-0.39, 0.29) is 6.10 Å². The van der Waals surface area contributed by atoms with Crippen molar-refractivity contribution in [3.05, 3.63) is 34.4 Å². The van der Waals surface area contributed by atoms with Crippen LogP contribution in [-0.4, -0.2) is 42.9 Å². The number of aliphatic hydroxyl groups excluding tert-OH is 1. The lowest BCUT2D eigenvalue weighted by Crippen LogP contribution is -2.37. The largest absolute Gasteiger partial charge is 0.496 e. The summed E-state index contributed by atoms with van der Waals surface area (Å²) in [5, 5.41) is 10.4. The van der Waals surface area contributed by atoms with Gasteiger partial charge in [-0.25, -0.2) is 0 Å². The number of fused-ring (bicyclic) bond motifs is 1. The lowest BCUT2D eigenvalue weighted by atomic mass is 9.89. The number of rotatable bonds is 3. The molecule has 4 heteroatoms. The number of likely N-dealkylation sites (tertiary alicyclic amines) is 1. The van der Waals surface area contributed by atoms with Crippen LogP contribution in [0.4, 0.5) is 0 Å². The standard InChI is InChI=1S/C17H22ClNO2/c1-21-16-6-5-15(18)17-12(3-2-4-14(16)17)11-19-9-7-13(20)8-10-19/h3,5-6,13,20H,2,4,7-11H2,1H3. The number of allylic oxidation sites excluding steroid dienone is 1. The van der Waals surface area contributed by atoms with Gasteiger partial charge in [0.15, 0.2) is 0 Å². The molecule has 3 nitrogen and oxygen atoms in total. The fraction of sp³-hybridized carbons (Fsp3) is 0.529. The Labute approximate surface area is 131 Å². The van der Waals surface area contributed by atoms with Gasteiger partial charge in [-0.1, -0.05) is 17.7 Å². The van der Waals surface area contributed by atoms with Gasteiger partial charge >= 0.3 is 0 Å². The van der Waals surface area contributed by atoms with Crippen LogP contribution in [0, 0.1) is 0 Å². The molecule has 0 atom stereocenters. The van der Waals surface area contributed by atoms with E-state index in [2.05, 4.69) is 11.0 Å². The maximum absolute atomic E-state index is 9.62. The molecule has 1 aliphatic heterocycles. The minimum absolute atomic E-state index is 0.127. The Bertz CT molecular complexity index is 548. The predicted octanol–water partition coefficient (Wildman–Crippen LogP) is 3.13. The van der Waals surface area contributed by atoms with Gasteiger partial charge in [-0.15, -0.1) is 0 Å². The molecule has 1 aromatic rings. The molecule has 0 amide bonds. The summed E-state index contributed by atoms with van der Waals surface area (Å²) in [5.41, 5.74) is 3.70. The van der Waals surface area contributed by atoms with Gasteiger partial charge in [0.1, 0.15) is 5.75 Å². The fourth-order valence-electron chi connectivity index (χ4n) is 3.34. The molecule has 21 heavy (non-hydrogen) atoms. The SMILES string of the molecule is COc1ccc(Cl)c2c1CCC=C2CN1CCC(O)CC1. The van der Waals surface area contributed by atoms with Crippen molar-refractivity contribution >= 4 is 17.2 Å². The summed E-state index contributed by atoms with van der Waals surface area (Å²) in [5.74, 6) is 0.939. The number of benzene rings is 1. The van der Waals surface area contributed by atoms with Crippen LogP contribution in [0.2, 0.25) is 5.02 Å². The van der Waals surface area contributed by atoms with E-state index in [9.17, 15) is 5.11 Å². The molecule has 1 N–H and O–H groups in total. The van der Waals surface area contributed by atoms with Crippen LogP contribution in [0.1, 0.15) is 30.4 Å². The van der Waals surface area contributed by atoms with Gasteiger partial charge in [0.2, 0.25) is 0 Å². The third kappa shape index (κ3) is 3.10. The second kappa shape index (κ2) is 6.39. The van der Waals surface area contributed by atoms with Gasteiger partial charge in [-0.05, 0) is 43.4 Å². The number of methoxy groups -OCH3 is 1. The Balaban J connectivity index is 1.84. The van der Waals surface area contributed by atoms with Crippen molar-refractivity contribution < 1.29 is 9.84 Å². The first-order chi connectivity index (χ1) is 10.2. The van der Waals surface area contributed by atoms with Crippen LogP contribution in [-0.2, 0) is 6.42 Å². The van der Waals surface area contributed by atoms with E-state index >= 15 is 0 Å². The molecule has 1 aromatic carbocycles. The first-order valence-corrected chi connectivity index (χ1v) is 8.02. The van der Waals surface area contributed by atoms with Crippen molar-refractivity contribution in [3.63, 3.8) is 0 Å². The molecule has 3 rings (SSSR count). The van der Waals surface area contributed by atoms with Gasteiger partial charge in [0.25, 0.3) is 0 Å². The van der Waals surface area contributed by atoms with Gasteiger partial charge in [0.05, 0.1) is 13.2 Å². The Morgan fingerprint density at radius 2 is 2.10 bits per heavy atom. The van der Waals surface area contributed by atoms with Crippen LogP contribution in [0.5, 0.6) is 5.75 Å². The summed E-state index contributed by atoms with van der Waals surface area (Å²) >= 11 is 6.45. The summed E-state index contributed by atoms with van der Waals surface area (Å²) in [7, 11) is 1.72. The summed E-state index contributed by atoms with van der Waals surface area (Å²) in [4.78, 5) is 2.41. The molecule has 0 spiro atoms. The minimum atomic E-state index is -0.127. The number of hydrogen-bond donors (Lipinski definition) is 1. The monoisotopic (exact) mass is 307 g/mol. The second-order valence-corrected chi connectivity index (χ2v) is 6.29. The highest BCUT2D eigenvalue weighted by Crippen LogP contribution is 2.38. The third-order valence-corrected chi connectivity index (χ3v) is 4.81. The van der Waals surface area contributed by atoms with Crippen LogP contribution in [0.15, 0.2) is 18.2 Å². The van der Waals surface area contributed by atoms with E-state index in [0.717, 1.165) is 61.7 Å². The molecule has 114 valence electrons. The van der Waals surface area contributed by atoms with E-state index in [1.165, 1.54) is 11.1 Å². The van der Waals surface area contributed by atoms with Crippen molar-refractivity contribution in [1.29, 1.82) is 0 Å². The maximum atomic E-state index is 9.62. The van der Waals surface area contributed by atoms with E-state index in [4.69, 9.17) is 16.3 Å². The lowest BCUT2D eigenvalue weighted by Gasteiger charge is -2.32. The molecule has 1 aliphatic carbocycles. The number of piperidine rings is 1. The first kappa shape index (κ1) is 14.9. The van der Waals surface area contributed by atoms with Gasteiger partial charge in [0, 0.05) is 35.8 Å². The average molecular weight is 308 g/mol. The Hall–Kier alpha value is -1.03. The van der Waals surface area contributed by atoms with Crippen molar-refractivity contribution in [3.8, 4) is 5.75 Å². The summed E-state index contributed by atoms with van der Waals surface area (Å²) < 4.78 is 5.49. The molecule has 0 aromatic heterocycles. The Morgan fingerprint density at radius 3 is 2.81 bits per heavy atom. The summed E-state index contributed by atoms with van der Waals surface area (Å²) in [6, 6.07) is 3.89. The molecule has 0 saturated carbocycles. The minimum Gasteiger partial charge on any atom is -0.496 e. The fourth-order valence-corrected chi connectivity index (χ4v) is 3.64. The van der Waals surface area contributed by atoms with E-state index in [0.29, 0.717) is 0 Å². The highest BCUT2D eigenvalue weighted by atomic mass is 35.5. The zero-order chi connectivity index (χ0) is 14.8. The second-order valence-electron chi connectivity index (χ2n) is 5.88. The van der Waals surface area contributed by atoms with Crippen molar-refractivity contribution in [1.82, 2.24) is 4.90 Å². The zero-order valence-electron chi connectivity index (χ0n) is 12.4. The van der Waals surface area contributed by atoms with Crippen LogP contribution < -0.4 is 4.74 Å². The summed E-state index contributed by atoms with van der Waals surface area (Å²) in [6.07, 6.45) is 5.94. The molecule has 2 aliphatic rings. The zero-order valence-corrected chi connectivity index (χ0v) is 13.2. The number of ether oxygens (including phenoxy) is 1. The molecular formula is C17H22ClNO2. The number of hydrogen-bond acceptors (Lipinski definition) is 3. The quantitative estimate of drug-likeness (QED) is 0.931. The molecular weight excluding hydrogens is 286 g/mol. The van der Waals surface area contributed by atoms with Crippen LogP contribution in [0.3, 0.4) is 0 Å². The summed E-state index contributed by atoms with van der Waals surface area (Å²) in [6.45, 7) is 2.82. The van der Waals surface area contributed by atoms with Gasteiger partial charge in [-0.2, -0.15) is 0 Å². The topological polar surface area (TPSA) is 32.7 Å². The third-order valence-electron chi connectivity index (χ3n) is 4.50. The van der Waals surface area contributed by atoms with Gasteiger partial charge in [-0.3, -0.25) is 4.90 Å². The van der Waals surface area contributed by atoms with Crippen molar-refractivity contribution in [2.75, 3.05) is 26.7 Å². The molecule has 0 unspecified atom stereocenters. The predicted molar refractivity (Wildman–Crippen MR) is 86.0 cm³/mol.